The molecular formula is C2H8N3P. The van der Waals surface area contributed by atoms with Crippen LogP contribution in [0.5, 0.6) is 0 Å². The maximum absolute atomic E-state index is 6.69. The fourth-order valence-corrected chi connectivity index (χ4v) is 0. The van der Waals surface area contributed by atoms with E-state index in [2.05, 4.69) is 0 Å². The highest BCUT2D eigenvalue weighted by atomic mass is 31.1. The number of hydrogen-bond donors (Lipinski definition) is 2. The van der Waals surface area contributed by atoms with Crippen LogP contribution >= 0.6 is 7.66 Å². The van der Waals surface area contributed by atoms with Gasteiger partial charge in [-0.1, -0.05) is 0 Å². The van der Waals surface area contributed by atoms with Crippen molar-refractivity contribution < 1.29 is 0 Å². The predicted octanol–water partition coefficient (Wildman–Crippen LogP) is 1.47. The zero-order valence-corrected chi connectivity index (χ0v) is 4.79. The molecule has 6 heavy (non-hydrogen) atoms. The Kier molecular flexibility index (Phi) is 2.06. The van der Waals surface area contributed by atoms with Gasteiger partial charge in [-0.25, -0.2) is 4.67 Å². The van der Waals surface area contributed by atoms with Gasteiger partial charge in [0.25, 0.3) is 0 Å². The summed E-state index contributed by atoms with van der Waals surface area (Å²) in [6.07, 6.45) is 0. The van der Waals surface area contributed by atoms with Crippen LogP contribution in [-0.4, -0.2) is 18.8 Å². The van der Waals surface area contributed by atoms with Crippen LogP contribution in [0.25, 0.3) is 0 Å². The molecule has 0 heterocycles. The van der Waals surface area contributed by atoms with Gasteiger partial charge in [-0.15, -0.1) is 0 Å². The normalized spacial score (nSPS) is 12.2. The van der Waals surface area contributed by atoms with Crippen LogP contribution in [0.3, 0.4) is 0 Å². The highest BCUT2D eigenvalue weighted by Crippen LogP contribution is 2.05. The standard InChI is InChI=1S/C2H8N3P/c1-5(2)6(3)4/h3-4H,1-2H3. The van der Waals surface area contributed by atoms with E-state index < -0.39 is 7.66 Å². The summed E-state index contributed by atoms with van der Waals surface area (Å²) in [7, 11) is 2.13. The second kappa shape index (κ2) is 2.11. The Morgan fingerprint density at radius 2 is 1.50 bits per heavy atom. The van der Waals surface area contributed by atoms with E-state index in [9.17, 15) is 0 Å². The van der Waals surface area contributed by atoms with E-state index in [1.807, 2.05) is 0 Å². The molecule has 0 amide bonds. The summed E-state index contributed by atoms with van der Waals surface area (Å²) in [6, 6.07) is 0. The number of rotatable bonds is 1. The van der Waals surface area contributed by atoms with Gasteiger partial charge >= 0.3 is 0 Å². The highest BCUT2D eigenvalue weighted by Gasteiger charge is 1.77. The largest absolute Gasteiger partial charge is 0.259 e. The van der Waals surface area contributed by atoms with Crippen LogP contribution in [-0.2, 0) is 0 Å². The lowest BCUT2D eigenvalue weighted by Gasteiger charge is -1.94. The second-order valence-electron chi connectivity index (χ2n) is 1.16. The monoisotopic (exact) mass is 105 g/mol. The summed E-state index contributed by atoms with van der Waals surface area (Å²) in [5.74, 6) is 0. The van der Waals surface area contributed by atoms with Gasteiger partial charge in [0.2, 0.25) is 0 Å². The number of nitrogens with one attached hydrogen (secondary N) is 2. The summed E-state index contributed by atoms with van der Waals surface area (Å²) in [6.45, 7) is 0. The minimum atomic E-state index is -1.33. The molecule has 0 fully saturated rings. The Balaban J connectivity index is 3.57. The molecule has 0 rings (SSSR count). The predicted molar refractivity (Wildman–Crippen MR) is 26.0 cm³/mol. The Morgan fingerprint density at radius 3 is 1.50 bits per heavy atom. The molecule has 0 spiro atoms. The molecule has 0 atom stereocenters. The Hall–Kier alpha value is -0.140. The summed E-state index contributed by atoms with van der Waals surface area (Å²) in [5, 5.41) is 13.4. The molecule has 0 radical (unpaired) electrons. The molecule has 4 heteroatoms. The minimum absolute atomic E-state index is 1.33. The topological polar surface area (TPSA) is 50.9 Å². The zero-order valence-electron chi connectivity index (χ0n) is 3.89. The van der Waals surface area contributed by atoms with E-state index in [-0.39, 0.29) is 0 Å². The fourth-order valence-electron chi connectivity index (χ4n) is 0. The molecule has 0 aromatic rings. The zero-order chi connectivity index (χ0) is 5.15. The van der Waals surface area contributed by atoms with Crippen molar-refractivity contribution in [1.29, 1.82) is 10.3 Å². The Bertz CT molecular complexity index is 85.0. The first kappa shape index (κ1) is 5.86. The van der Waals surface area contributed by atoms with Crippen molar-refractivity contribution in [2.24, 2.45) is 0 Å². The molecule has 0 saturated carbocycles. The lowest BCUT2D eigenvalue weighted by molar-refractivity contribution is 0.684. The minimum Gasteiger partial charge on any atom is -0.259 e. The van der Waals surface area contributed by atoms with Crippen LogP contribution < -0.4 is 0 Å². The lowest BCUT2D eigenvalue weighted by atomic mass is 11.3. The van der Waals surface area contributed by atoms with Gasteiger partial charge in [-0.2, -0.15) is 0 Å². The van der Waals surface area contributed by atoms with Gasteiger partial charge in [-0.3, -0.25) is 10.3 Å². The summed E-state index contributed by atoms with van der Waals surface area (Å²) >= 11 is 0. The molecule has 3 nitrogen and oxygen atoms in total. The van der Waals surface area contributed by atoms with Crippen molar-refractivity contribution >= 4 is 7.66 Å². The average molecular weight is 105 g/mol. The average Bonchev–Trinajstić information content (AvgIpc) is 1.36. The van der Waals surface area contributed by atoms with Crippen LogP contribution in [0.15, 0.2) is 0 Å². The molecule has 0 aromatic heterocycles. The van der Waals surface area contributed by atoms with Crippen molar-refractivity contribution in [3.63, 3.8) is 0 Å². The summed E-state index contributed by atoms with van der Waals surface area (Å²) in [4.78, 5) is 0. The van der Waals surface area contributed by atoms with Crippen molar-refractivity contribution in [1.82, 2.24) is 4.67 Å². The van der Waals surface area contributed by atoms with Crippen molar-refractivity contribution in [3.05, 3.63) is 0 Å². The fraction of sp³-hybridized carbons (Fsp3) is 1.00. The smallest absolute Gasteiger partial charge is 0.131 e. The van der Waals surface area contributed by atoms with Gasteiger partial charge in [0.05, 0.1) is 0 Å². The first-order chi connectivity index (χ1) is 2.64. The van der Waals surface area contributed by atoms with Crippen molar-refractivity contribution in [3.8, 4) is 0 Å². The molecule has 0 aliphatic rings. The molecule has 0 unspecified atom stereocenters. The Labute approximate surface area is 37.8 Å². The summed E-state index contributed by atoms with van der Waals surface area (Å²) in [5.41, 5.74) is 0. The van der Waals surface area contributed by atoms with E-state index in [4.69, 9.17) is 10.3 Å². The van der Waals surface area contributed by atoms with Crippen LogP contribution in [0, 0.1) is 10.3 Å². The SMILES string of the molecule is CN(C)P(=N)=N. The maximum Gasteiger partial charge on any atom is 0.131 e. The molecule has 0 saturated heterocycles. The van der Waals surface area contributed by atoms with Gasteiger partial charge < -0.3 is 0 Å². The van der Waals surface area contributed by atoms with Crippen LogP contribution in [0.2, 0.25) is 0 Å². The van der Waals surface area contributed by atoms with Crippen molar-refractivity contribution in [2.75, 3.05) is 14.1 Å². The molecule has 0 aliphatic carbocycles. The first-order valence-corrected chi connectivity index (χ1v) is 2.84. The van der Waals surface area contributed by atoms with Gasteiger partial charge in [0, 0.05) is 0 Å². The first-order valence-electron chi connectivity index (χ1n) is 1.54. The van der Waals surface area contributed by atoms with Gasteiger partial charge in [0.15, 0.2) is 0 Å². The molecular weight excluding hydrogens is 97.0 g/mol. The quantitative estimate of drug-likeness (QED) is 0.487. The van der Waals surface area contributed by atoms with Crippen LogP contribution in [0.1, 0.15) is 0 Å². The molecule has 0 aliphatic heterocycles. The third-order valence-corrected chi connectivity index (χ3v) is 1.20. The third-order valence-electron chi connectivity index (χ3n) is 0.400. The van der Waals surface area contributed by atoms with E-state index >= 15 is 0 Å². The van der Waals surface area contributed by atoms with Crippen molar-refractivity contribution in [2.45, 2.75) is 0 Å². The van der Waals surface area contributed by atoms with Gasteiger partial charge in [0.1, 0.15) is 7.66 Å². The number of nitrogens with zero attached hydrogens (tertiary/aromatic N) is 1. The molecule has 36 valence electrons. The van der Waals surface area contributed by atoms with E-state index in [0.29, 0.717) is 0 Å². The molecule has 0 aromatic carbocycles. The third kappa shape index (κ3) is 2.12. The maximum atomic E-state index is 6.69. The lowest BCUT2D eigenvalue weighted by Crippen LogP contribution is -1.92. The number of hydrogen-bond acceptors (Lipinski definition) is 2. The van der Waals surface area contributed by atoms with E-state index in [1.54, 1.807) is 18.8 Å². The molecule has 0 bridgehead atoms. The van der Waals surface area contributed by atoms with Gasteiger partial charge in [-0.05, 0) is 14.1 Å². The molecule has 2 N–H and O–H groups in total. The second-order valence-corrected chi connectivity index (χ2v) is 2.58. The van der Waals surface area contributed by atoms with E-state index in [1.165, 1.54) is 0 Å². The van der Waals surface area contributed by atoms with E-state index in [0.717, 1.165) is 0 Å². The highest BCUT2D eigenvalue weighted by molar-refractivity contribution is 7.30. The van der Waals surface area contributed by atoms with Crippen LogP contribution in [0.4, 0.5) is 0 Å². The Morgan fingerprint density at radius 1 is 1.33 bits per heavy atom. The summed E-state index contributed by atoms with van der Waals surface area (Å²) < 4.78 is 1.56.